The topological polar surface area (TPSA) is 119 Å². The van der Waals surface area contributed by atoms with Crippen LogP contribution in [0.3, 0.4) is 0 Å². The number of phenols is 1. The van der Waals surface area contributed by atoms with E-state index in [2.05, 4.69) is 20.1 Å². The first-order valence-electron chi connectivity index (χ1n) is 8.04. The highest BCUT2D eigenvalue weighted by molar-refractivity contribution is 5.51. The third-order valence-corrected chi connectivity index (χ3v) is 3.87. The molecule has 0 saturated heterocycles. The molecule has 0 aliphatic rings. The fraction of sp³-hybridized carbons (Fsp3) is 0.176. The van der Waals surface area contributed by atoms with Crippen molar-refractivity contribution in [1.29, 1.82) is 0 Å². The lowest BCUT2D eigenvalue weighted by molar-refractivity contribution is 0.475. The van der Waals surface area contributed by atoms with Crippen LogP contribution in [0, 0.1) is 0 Å². The Morgan fingerprint density at radius 2 is 1.92 bits per heavy atom. The van der Waals surface area contributed by atoms with Gasteiger partial charge in [0.25, 0.3) is 5.78 Å². The van der Waals surface area contributed by atoms with Crippen LogP contribution in [-0.4, -0.2) is 36.7 Å². The number of aromatic hydroxyl groups is 1. The number of anilines is 1. The molecular formula is C17H17N7O2. The lowest BCUT2D eigenvalue weighted by atomic mass is 10.1. The molecule has 1 aromatic carbocycles. The quantitative estimate of drug-likeness (QED) is 0.411. The van der Waals surface area contributed by atoms with E-state index in [1.165, 1.54) is 9.52 Å². The van der Waals surface area contributed by atoms with E-state index in [4.69, 9.17) is 10.3 Å². The number of nitrogens with two attached hydrogens (primary N) is 1. The fourth-order valence-electron chi connectivity index (χ4n) is 2.58. The van der Waals surface area contributed by atoms with Crippen molar-refractivity contribution >= 4 is 11.7 Å². The molecule has 9 nitrogen and oxygen atoms in total. The molecule has 3 N–H and O–H groups in total. The zero-order valence-electron chi connectivity index (χ0n) is 14.1. The average molecular weight is 351 g/mol. The van der Waals surface area contributed by atoms with Gasteiger partial charge >= 0.3 is 0 Å². The van der Waals surface area contributed by atoms with Crippen molar-refractivity contribution in [3.63, 3.8) is 0 Å². The van der Waals surface area contributed by atoms with E-state index in [-0.39, 0.29) is 5.75 Å². The number of aryl methyl sites for hydroxylation is 2. The first-order chi connectivity index (χ1) is 12.6. The second kappa shape index (κ2) is 6.45. The largest absolute Gasteiger partial charge is 0.508 e. The third-order valence-electron chi connectivity index (χ3n) is 3.87. The van der Waals surface area contributed by atoms with Crippen LogP contribution in [0.5, 0.6) is 5.75 Å². The number of hydrazine groups is 1. The van der Waals surface area contributed by atoms with Crippen molar-refractivity contribution in [1.82, 2.24) is 24.6 Å². The highest BCUT2D eigenvalue weighted by Crippen LogP contribution is 2.19. The normalized spacial score (nSPS) is 11.2. The second-order valence-electron chi connectivity index (χ2n) is 5.84. The molecule has 0 spiro atoms. The molecule has 9 heteroatoms. The molecule has 0 atom stereocenters. The molecule has 132 valence electrons. The van der Waals surface area contributed by atoms with E-state index in [1.54, 1.807) is 37.6 Å². The molecular weight excluding hydrogens is 334 g/mol. The Labute approximate surface area is 148 Å². The van der Waals surface area contributed by atoms with Gasteiger partial charge in [0.1, 0.15) is 11.6 Å². The van der Waals surface area contributed by atoms with Gasteiger partial charge in [-0.1, -0.05) is 12.1 Å². The maximum atomic E-state index is 9.37. The van der Waals surface area contributed by atoms with Gasteiger partial charge in [0.2, 0.25) is 11.8 Å². The van der Waals surface area contributed by atoms with Crippen LogP contribution in [0.4, 0.5) is 5.95 Å². The van der Waals surface area contributed by atoms with Crippen LogP contribution in [0.1, 0.15) is 11.4 Å². The molecule has 0 saturated carbocycles. The van der Waals surface area contributed by atoms with Crippen LogP contribution in [0.15, 0.2) is 47.1 Å². The van der Waals surface area contributed by atoms with Crippen LogP contribution in [-0.2, 0) is 12.8 Å². The van der Waals surface area contributed by atoms with Gasteiger partial charge in [-0.15, -0.1) is 5.10 Å². The number of hydrogen-bond donors (Lipinski definition) is 2. The van der Waals surface area contributed by atoms with Crippen molar-refractivity contribution in [2.24, 2.45) is 5.84 Å². The van der Waals surface area contributed by atoms with Crippen molar-refractivity contribution in [3.8, 4) is 17.3 Å². The lowest BCUT2D eigenvalue weighted by Crippen LogP contribution is -2.29. The number of nitrogens with zero attached hydrogens (tertiary/aromatic N) is 6. The van der Waals surface area contributed by atoms with Gasteiger partial charge in [-0.3, -0.25) is 5.01 Å². The molecule has 0 amide bonds. The van der Waals surface area contributed by atoms with E-state index >= 15 is 0 Å². The Bertz CT molecular complexity index is 1020. The molecule has 0 bridgehead atoms. The van der Waals surface area contributed by atoms with E-state index in [9.17, 15) is 5.11 Å². The zero-order valence-corrected chi connectivity index (χ0v) is 14.1. The summed E-state index contributed by atoms with van der Waals surface area (Å²) in [4.78, 5) is 13.4. The molecule has 0 aliphatic carbocycles. The summed E-state index contributed by atoms with van der Waals surface area (Å²) in [5.74, 6) is 8.56. The summed E-state index contributed by atoms with van der Waals surface area (Å²) >= 11 is 0. The van der Waals surface area contributed by atoms with E-state index in [0.717, 1.165) is 12.0 Å². The molecule has 0 radical (unpaired) electrons. The fourth-order valence-corrected chi connectivity index (χ4v) is 2.58. The number of aromatic nitrogens is 5. The molecule has 0 fully saturated rings. The van der Waals surface area contributed by atoms with Gasteiger partial charge < -0.3 is 9.52 Å². The Balaban J connectivity index is 1.67. The van der Waals surface area contributed by atoms with Crippen molar-refractivity contribution < 1.29 is 9.52 Å². The number of hydrogen-bond acceptors (Lipinski definition) is 8. The van der Waals surface area contributed by atoms with Crippen LogP contribution in [0.25, 0.3) is 17.4 Å². The van der Waals surface area contributed by atoms with Crippen LogP contribution in [0.2, 0.25) is 0 Å². The van der Waals surface area contributed by atoms with Gasteiger partial charge in [-0.2, -0.15) is 19.5 Å². The van der Waals surface area contributed by atoms with Crippen LogP contribution < -0.4 is 10.9 Å². The summed E-state index contributed by atoms with van der Waals surface area (Å²) in [6.07, 6.45) is 2.89. The summed E-state index contributed by atoms with van der Waals surface area (Å²) in [5.41, 5.74) is 1.08. The molecule has 3 heterocycles. The number of benzene rings is 1. The van der Waals surface area contributed by atoms with Gasteiger partial charge in [0.05, 0.1) is 6.26 Å². The minimum atomic E-state index is 0.243. The number of phenolic OH excluding ortho intramolecular Hbond substituents is 1. The van der Waals surface area contributed by atoms with Gasteiger partial charge in [-0.25, -0.2) is 5.84 Å². The van der Waals surface area contributed by atoms with E-state index in [1.807, 2.05) is 12.1 Å². The first kappa shape index (κ1) is 16.0. The van der Waals surface area contributed by atoms with Crippen molar-refractivity contribution in [2.45, 2.75) is 12.8 Å². The molecule has 0 aliphatic heterocycles. The SMILES string of the molecule is CN(N)c1nc(CCc2ccc(O)cc2)nc2nc(-c3ccco3)nn12. The second-order valence-corrected chi connectivity index (χ2v) is 5.84. The molecule has 4 rings (SSSR count). The highest BCUT2D eigenvalue weighted by Gasteiger charge is 2.16. The summed E-state index contributed by atoms with van der Waals surface area (Å²) in [5, 5.41) is 15.1. The lowest BCUT2D eigenvalue weighted by Gasteiger charge is -2.12. The minimum Gasteiger partial charge on any atom is -0.508 e. The number of furan rings is 1. The maximum absolute atomic E-state index is 9.37. The van der Waals surface area contributed by atoms with Crippen LogP contribution >= 0.6 is 0 Å². The minimum absolute atomic E-state index is 0.243. The number of rotatable bonds is 5. The number of fused-ring (bicyclic) bond motifs is 1. The van der Waals surface area contributed by atoms with Gasteiger partial charge in [0, 0.05) is 13.5 Å². The van der Waals surface area contributed by atoms with Crippen molar-refractivity contribution in [2.75, 3.05) is 12.1 Å². The zero-order chi connectivity index (χ0) is 18.1. The van der Waals surface area contributed by atoms with Crippen molar-refractivity contribution in [3.05, 3.63) is 54.0 Å². The summed E-state index contributed by atoms with van der Waals surface area (Å²) in [7, 11) is 1.68. The summed E-state index contributed by atoms with van der Waals surface area (Å²) in [6, 6.07) is 10.6. The highest BCUT2D eigenvalue weighted by atomic mass is 16.3. The molecule has 26 heavy (non-hydrogen) atoms. The third kappa shape index (κ3) is 3.07. The van der Waals surface area contributed by atoms with Gasteiger partial charge in [0.15, 0.2) is 5.76 Å². The Morgan fingerprint density at radius 1 is 1.12 bits per heavy atom. The first-order valence-corrected chi connectivity index (χ1v) is 8.04. The standard InChI is InChI=1S/C17H17N7O2/c1-23(18)17-20-14(9-6-11-4-7-12(25)8-5-11)19-16-21-15(22-24(16)17)13-3-2-10-26-13/h2-5,7-8,10,25H,6,9,18H2,1H3. The predicted molar refractivity (Wildman–Crippen MR) is 94.4 cm³/mol. The van der Waals surface area contributed by atoms with Gasteiger partial charge in [-0.05, 0) is 36.2 Å². The molecule has 0 unspecified atom stereocenters. The Hall–Kier alpha value is -3.46. The average Bonchev–Trinajstić information content (AvgIpc) is 3.29. The Kier molecular flexibility index (Phi) is 3.98. The summed E-state index contributed by atoms with van der Waals surface area (Å²) in [6.45, 7) is 0. The summed E-state index contributed by atoms with van der Waals surface area (Å²) < 4.78 is 6.83. The monoisotopic (exact) mass is 351 g/mol. The Morgan fingerprint density at radius 3 is 2.62 bits per heavy atom. The molecule has 4 aromatic rings. The maximum Gasteiger partial charge on any atom is 0.257 e. The smallest absolute Gasteiger partial charge is 0.257 e. The van der Waals surface area contributed by atoms with E-state index < -0.39 is 0 Å². The predicted octanol–water partition coefficient (Wildman–Crippen LogP) is 1.58. The van der Waals surface area contributed by atoms with E-state index in [0.29, 0.717) is 35.6 Å². The molecule has 3 aromatic heterocycles.